The van der Waals surface area contributed by atoms with Crippen LogP contribution in [0.4, 0.5) is 14.9 Å². The summed E-state index contributed by atoms with van der Waals surface area (Å²) >= 11 is 0. The second-order valence-electron chi connectivity index (χ2n) is 6.14. The highest BCUT2D eigenvalue weighted by molar-refractivity contribution is 5.90. The normalized spacial score (nSPS) is 15.3. The van der Waals surface area contributed by atoms with Crippen LogP contribution in [0.25, 0.3) is 0 Å². The molecule has 1 aliphatic heterocycles. The molecule has 0 atom stereocenters. The molecule has 2 aromatic carbocycles. The van der Waals surface area contributed by atoms with Crippen LogP contribution in [-0.4, -0.2) is 42.0 Å². The Labute approximate surface area is 141 Å². The van der Waals surface area contributed by atoms with Gasteiger partial charge in [0.2, 0.25) is 0 Å². The number of piperazine rings is 1. The van der Waals surface area contributed by atoms with Crippen molar-refractivity contribution in [1.82, 2.24) is 9.80 Å². The van der Waals surface area contributed by atoms with Crippen LogP contribution in [-0.2, 0) is 6.54 Å². The van der Waals surface area contributed by atoms with Crippen molar-refractivity contribution in [3.63, 3.8) is 0 Å². The molecule has 2 amide bonds. The molecule has 1 aliphatic rings. The van der Waals surface area contributed by atoms with E-state index in [-0.39, 0.29) is 11.8 Å². The van der Waals surface area contributed by atoms with Crippen LogP contribution in [0.3, 0.4) is 0 Å². The SMILES string of the molecule is Cc1ccccc1NC(=O)N1CCN(Cc2cccc(F)c2)CC1. The lowest BCUT2D eigenvalue weighted by Crippen LogP contribution is -2.49. The van der Waals surface area contributed by atoms with Gasteiger partial charge in [-0.3, -0.25) is 4.90 Å². The minimum atomic E-state index is -0.205. The quantitative estimate of drug-likeness (QED) is 0.937. The summed E-state index contributed by atoms with van der Waals surface area (Å²) in [5.41, 5.74) is 2.87. The highest BCUT2D eigenvalue weighted by Gasteiger charge is 2.21. The van der Waals surface area contributed by atoms with Crippen LogP contribution in [0.1, 0.15) is 11.1 Å². The summed E-state index contributed by atoms with van der Waals surface area (Å²) in [6.45, 7) is 5.62. The Bertz CT molecular complexity index is 711. The van der Waals surface area contributed by atoms with E-state index in [1.165, 1.54) is 6.07 Å². The molecular formula is C19H22FN3O. The average molecular weight is 327 g/mol. The van der Waals surface area contributed by atoms with Gasteiger partial charge < -0.3 is 10.2 Å². The summed E-state index contributed by atoms with van der Waals surface area (Å²) in [5, 5.41) is 2.97. The van der Waals surface area contributed by atoms with Crippen LogP contribution in [0.2, 0.25) is 0 Å². The molecule has 0 bridgehead atoms. The third-order valence-corrected chi connectivity index (χ3v) is 4.34. The third-order valence-electron chi connectivity index (χ3n) is 4.34. The third kappa shape index (κ3) is 4.11. The number of benzene rings is 2. The van der Waals surface area contributed by atoms with Gasteiger partial charge in [-0.25, -0.2) is 9.18 Å². The van der Waals surface area contributed by atoms with Crippen molar-refractivity contribution < 1.29 is 9.18 Å². The number of carbonyl (C=O) groups is 1. The van der Waals surface area contributed by atoms with Crippen molar-refractivity contribution in [2.24, 2.45) is 0 Å². The number of rotatable bonds is 3. The van der Waals surface area contributed by atoms with Gasteiger partial charge >= 0.3 is 6.03 Å². The summed E-state index contributed by atoms with van der Waals surface area (Å²) in [5.74, 6) is -0.205. The number of urea groups is 1. The Morgan fingerprint density at radius 2 is 1.83 bits per heavy atom. The van der Waals surface area contributed by atoms with Gasteiger partial charge in [0.05, 0.1) is 0 Å². The molecule has 0 aromatic heterocycles. The van der Waals surface area contributed by atoms with Gasteiger partial charge in [0.1, 0.15) is 5.82 Å². The molecule has 4 nitrogen and oxygen atoms in total. The number of nitrogens with one attached hydrogen (secondary N) is 1. The Hall–Kier alpha value is -2.40. The molecule has 1 heterocycles. The highest BCUT2D eigenvalue weighted by atomic mass is 19.1. The first-order valence-corrected chi connectivity index (χ1v) is 8.20. The second kappa shape index (κ2) is 7.45. The number of amides is 2. The van der Waals surface area contributed by atoms with Gasteiger partial charge in [-0.1, -0.05) is 30.3 Å². The highest BCUT2D eigenvalue weighted by Crippen LogP contribution is 2.15. The van der Waals surface area contributed by atoms with Crippen LogP contribution in [0.15, 0.2) is 48.5 Å². The van der Waals surface area contributed by atoms with Crippen molar-refractivity contribution in [3.05, 3.63) is 65.5 Å². The number of halogens is 1. The van der Waals surface area contributed by atoms with Crippen LogP contribution < -0.4 is 5.32 Å². The number of aryl methyl sites for hydroxylation is 1. The zero-order chi connectivity index (χ0) is 16.9. The number of anilines is 1. The fourth-order valence-corrected chi connectivity index (χ4v) is 2.91. The van der Waals surface area contributed by atoms with Gasteiger partial charge in [-0.15, -0.1) is 0 Å². The molecule has 1 N–H and O–H groups in total. The Morgan fingerprint density at radius 1 is 1.08 bits per heavy atom. The smallest absolute Gasteiger partial charge is 0.321 e. The lowest BCUT2D eigenvalue weighted by Gasteiger charge is -2.34. The Morgan fingerprint density at radius 3 is 2.54 bits per heavy atom. The number of hydrogen-bond acceptors (Lipinski definition) is 2. The summed E-state index contributed by atoms with van der Waals surface area (Å²) in [7, 11) is 0. The summed E-state index contributed by atoms with van der Waals surface area (Å²) in [4.78, 5) is 16.4. The first kappa shape index (κ1) is 16.5. The molecule has 3 rings (SSSR count). The van der Waals surface area contributed by atoms with E-state index in [0.29, 0.717) is 19.6 Å². The fraction of sp³-hybridized carbons (Fsp3) is 0.316. The topological polar surface area (TPSA) is 35.6 Å². The zero-order valence-corrected chi connectivity index (χ0v) is 13.8. The molecule has 0 saturated carbocycles. The molecule has 24 heavy (non-hydrogen) atoms. The maximum Gasteiger partial charge on any atom is 0.321 e. The van der Waals surface area contributed by atoms with Gasteiger partial charge in [-0.2, -0.15) is 0 Å². The van der Waals surface area contributed by atoms with Gasteiger partial charge in [0.25, 0.3) is 0 Å². The molecule has 0 radical (unpaired) electrons. The molecule has 126 valence electrons. The van der Waals surface area contributed by atoms with Crippen molar-refractivity contribution in [1.29, 1.82) is 0 Å². The van der Waals surface area contributed by atoms with E-state index in [1.54, 1.807) is 12.1 Å². The van der Waals surface area contributed by atoms with Gasteiger partial charge in [0.15, 0.2) is 0 Å². The van der Waals surface area contributed by atoms with Gasteiger partial charge in [-0.05, 0) is 36.2 Å². The number of hydrogen-bond donors (Lipinski definition) is 1. The van der Waals surface area contributed by atoms with Gasteiger partial charge in [0, 0.05) is 38.4 Å². The maximum atomic E-state index is 13.2. The van der Waals surface area contributed by atoms with Crippen LogP contribution >= 0.6 is 0 Å². The largest absolute Gasteiger partial charge is 0.322 e. The van der Waals surface area contributed by atoms with E-state index in [1.807, 2.05) is 42.2 Å². The van der Waals surface area contributed by atoms with E-state index >= 15 is 0 Å². The van der Waals surface area contributed by atoms with Crippen molar-refractivity contribution in [2.45, 2.75) is 13.5 Å². The summed E-state index contributed by atoms with van der Waals surface area (Å²) in [6, 6.07) is 14.4. The molecule has 5 heteroatoms. The average Bonchev–Trinajstić information content (AvgIpc) is 2.57. The fourth-order valence-electron chi connectivity index (χ4n) is 2.91. The molecule has 0 unspecified atom stereocenters. The van der Waals surface area contributed by atoms with E-state index in [2.05, 4.69) is 10.2 Å². The van der Waals surface area contributed by atoms with E-state index in [9.17, 15) is 9.18 Å². The lowest BCUT2D eigenvalue weighted by molar-refractivity contribution is 0.143. The number of carbonyl (C=O) groups excluding carboxylic acids is 1. The predicted molar refractivity (Wildman–Crippen MR) is 93.4 cm³/mol. The zero-order valence-electron chi connectivity index (χ0n) is 13.8. The van der Waals surface area contributed by atoms with E-state index < -0.39 is 0 Å². The summed E-state index contributed by atoms with van der Waals surface area (Å²) < 4.78 is 13.2. The van der Waals surface area contributed by atoms with E-state index in [0.717, 1.165) is 29.9 Å². The minimum absolute atomic E-state index is 0.0605. The molecule has 2 aromatic rings. The van der Waals surface area contributed by atoms with Crippen LogP contribution in [0.5, 0.6) is 0 Å². The van der Waals surface area contributed by atoms with Crippen molar-refractivity contribution in [3.8, 4) is 0 Å². The molecular weight excluding hydrogens is 305 g/mol. The predicted octanol–water partition coefficient (Wildman–Crippen LogP) is 3.48. The van der Waals surface area contributed by atoms with Crippen molar-refractivity contribution in [2.75, 3.05) is 31.5 Å². The van der Waals surface area contributed by atoms with Crippen LogP contribution in [0, 0.1) is 12.7 Å². The second-order valence-corrected chi connectivity index (χ2v) is 6.14. The first-order chi connectivity index (χ1) is 11.6. The molecule has 0 aliphatic carbocycles. The standard InChI is InChI=1S/C19H22FN3O/c1-15-5-2-3-8-18(15)21-19(24)23-11-9-22(10-12-23)14-16-6-4-7-17(20)13-16/h2-8,13H,9-12,14H2,1H3,(H,21,24). The maximum absolute atomic E-state index is 13.2. The first-order valence-electron chi connectivity index (χ1n) is 8.20. The Balaban J connectivity index is 1.51. The number of para-hydroxylation sites is 1. The monoisotopic (exact) mass is 327 g/mol. The molecule has 1 saturated heterocycles. The number of nitrogens with zero attached hydrogens (tertiary/aromatic N) is 2. The Kier molecular flexibility index (Phi) is 5.11. The molecule has 0 spiro atoms. The minimum Gasteiger partial charge on any atom is -0.322 e. The molecule has 1 fully saturated rings. The van der Waals surface area contributed by atoms with E-state index in [4.69, 9.17) is 0 Å². The lowest BCUT2D eigenvalue weighted by atomic mass is 10.2. The van der Waals surface area contributed by atoms with Crippen molar-refractivity contribution >= 4 is 11.7 Å². The summed E-state index contributed by atoms with van der Waals surface area (Å²) in [6.07, 6.45) is 0.